The van der Waals surface area contributed by atoms with E-state index in [1.54, 1.807) is 6.33 Å². The number of H-pyrrole nitrogens is 1. The Morgan fingerprint density at radius 2 is 1.73 bits per heavy atom. The molecule has 2 N–H and O–H groups in total. The fourth-order valence-corrected chi connectivity index (χ4v) is 4.05. The highest BCUT2D eigenvalue weighted by molar-refractivity contribution is 5.89. The number of hydrogen-bond acceptors (Lipinski definition) is 7. The Morgan fingerprint density at radius 1 is 0.909 bits per heavy atom. The summed E-state index contributed by atoms with van der Waals surface area (Å²) in [4.78, 5) is 18.9. The van der Waals surface area contributed by atoms with Crippen molar-refractivity contribution in [2.75, 3.05) is 36.5 Å². The molecule has 2 aromatic heterocycles. The van der Waals surface area contributed by atoms with Crippen LogP contribution in [0.3, 0.4) is 0 Å². The molecule has 0 unspecified atom stereocenters. The van der Waals surface area contributed by atoms with E-state index in [1.807, 2.05) is 54.6 Å². The maximum Gasteiger partial charge on any atom is 0.326 e. The molecule has 0 aliphatic carbocycles. The fraction of sp³-hybridized carbons (Fsp3) is 0.160. The summed E-state index contributed by atoms with van der Waals surface area (Å²) < 4.78 is 11.6. The molecule has 8 nitrogen and oxygen atoms in total. The van der Waals surface area contributed by atoms with Gasteiger partial charge in [0.2, 0.25) is 0 Å². The van der Waals surface area contributed by atoms with Crippen LogP contribution in [0.5, 0.6) is 11.8 Å². The van der Waals surface area contributed by atoms with Crippen molar-refractivity contribution >= 4 is 39.1 Å². The molecule has 6 rings (SSSR count). The number of ether oxygens (including phenoxy) is 2. The van der Waals surface area contributed by atoms with Crippen molar-refractivity contribution in [2.45, 2.75) is 0 Å². The van der Waals surface area contributed by atoms with Gasteiger partial charge in [0.05, 0.1) is 19.5 Å². The molecule has 1 saturated heterocycles. The highest BCUT2D eigenvalue weighted by Crippen LogP contribution is 2.31. The number of rotatable bonds is 5. The van der Waals surface area contributed by atoms with Crippen LogP contribution < -0.4 is 15.0 Å². The van der Waals surface area contributed by atoms with Gasteiger partial charge in [0, 0.05) is 29.9 Å². The highest BCUT2D eigenvalue weighted by Gasteiger charge is 2.14. The maximum atomic E-state index is 6.11. The van der Waals surface area contributed by atoms with Gasteiger partial charge in [-0.05, 0) is 35.7 Å². The standard InChI is InChI=1S/C25H22N6O2/c1-2-6-20-17(4-1)5-3-7-21(20)33-25-29-23-22(26-16-27-23)24(30-25)28-18-8-10-19(11-9-18)31-12-14-32-15-13-31/h1-11,16H,12-15H2,(H2,26,27,28,29,30). The van der Waals surface area contributed by atoms with E-state index in [0.717, 1.165) is 48.3 Å². The minimum atomic E-state index is 0.235. The number of aromatic nitrogens is 4. The third-order valence-electron chi connectivity index (χ3n) is 5.72. The quantitative estimate of drug-likeness (QED) is 0.404. The number of imidazole rings is 1. The first-order chi connectivity index (χ1) is 16.3. The molecule has 1 fully saturated rings. The monoisotopic (exact) mass is 438 g/mol. The normalized spacial score (nSPS) is 14.0. The minimum Gasteiger partial charge on any atom is -0.424 e. The lowest BCUT2D eigenvalue weighted by Crippen LogP contribution is -2.36. The van der Waals surface area contributed by atoms with Crippen molar-refractivity contribution in [3.05, 3.63) is 73.1 Å². The molecule has 33 heavy (non-hydrogen) atoms. The highest BCUT2D eigenvalue weighted by atomic mass is 16.5. The zero-order valence-corrected chi connectivity index (χ0v) is 17.9. The topological polar surface area (TPSA) is 88.2 Å². The van der Waals surface area contributed by atoms with Crippen LogP contribution >= 0.6 is 0 Å². The molecule has 0 atom stereocenters. The molecule has 3 heterocycles. The Kier molecular flexibility index (Phi) is 4.97. The molecular weight excluding hydrogens is 416 g/mol. The SMILES string of the molecule is c1ccc2c(Oc3nc(Nc4ccc(N5CCOCC5)cc4)c4[nH]cnc4n3)cccc2c1. The van der Waals surface area contributed by atoms with E-state index in [9.17, 15) is 0 Å². The van der Waals surface area contributed by atoms with Crippen molar-refractivity contribution in [3.63, 3.8) is 0 Å². The second kappa shape index (κ2) is 8.40. The first kappa shape index (κ1) is 19.5. The van der Waals surface area contributed by atoms with Gasteiger partial charge in [-0.25, -0.2) is 4.98 Å². The molecule has 0 saturated carbocycles. The van der Waals surface area contributed by atoms with Crippen LogP contribution in [0.2, 0.25) is 0 Å². The zero-order chi connectivity index (χ0) is 22.0. The molecule has 0 bridgehead atoms. The molecule has 1 aliphatic rings. The molecule has 5 aromatic rings. The summed E-state index contributed by atoms with van der Waals surface area (Å²) in [6.07, 6.45) is 1.60. The lowest BCUT2D eigenvalue weighted by Gasteiger charge is -2.28. The van der Waals surface area contributed by atoms with Gasteiger partial charge in [0.1, 0.15) is 11.3 Å². The number of aromatic amines is 1. The van der Waals surface area contributed by atoms with Crippen molar-refractivity contribution in [1.82, 2.24) is 19.9 Å². The van der Waals surface area contributed by atoms with E-state index in [-0.39, 0.29) is 6.01 Å². The molecule has 8 heteroatoms. The number of morpholine rings is 1. The largest absolute Gasteiger partial charge is 0.424 e. The van der Waals surface area contributed by atoms with E-state index in [2.05, 4.69) is 42.3 Å². The van der Waals surface area contributed by atoms with Crippen molar-refractivity contribution in [3.8, 4) is 11.8 Å². The van der Waals surface area contributed by atoms with Gasteiger partial charge in [-0.3, -0.25) is 0 Å². The van der Waals surface area contributed by atoms with Crippen LogP contribution in [0.4, 0.5) is 17.2 Å². The van der Waals surface area contributed by atoms with Gasteiger partial charge in [-0.15, -0.1) is 0 Å². The van der Waals surface area contributed by atoms with E-state index in [0.29, 0.717) is 17.2 Å². The average Bonchev–Trinajstić information content (AvgIpc) is 3.34. The number of anilines is 3. The fourth-order valence-electron chi connectivity index (χ4n) is 4.05. The molecule has 0 radical (unpaired) electrons. The Morgan fingerprint density at radius 3 is 2.61 bits per heavy atom. The van der Waals surface area contributed by atoms with E-state index < -0.39 is 0 Å². The number of fused-ring (bicyclic) bond motifs is 2. The van der Waals surface area contributed by atoms with Crippen LogP contribution in [-0.2, 0) is 4.74 Å². The Bertz CT molecular complexity index is 1400. The lowest BCUT2D eigenvalue weighted by molar-refractivity contribution is 0.122. The van der Waals surface area contributed by atoms with Gasteiger partial charge in [-0.2, -0.15) is 9.97 Å². The summed E-state index contributed by atoms with van der Waals surface area (Å²) in [7, 11) is 0. The minimum absolute atomic E-state index is 0.235. The van der Waals surface area contributed by atoms with Crippen LogP contribution in [-0.4, -0.2) is 46.2 Å². The Balaban J connectivity index is 1.30. The van der Waals surface area contributed by atoms with Crippen molar-refractivity contribution in [1.29, 1.82) is 0 Å². The number of nitrogens with one attached hydrogen (secondary N) is 2. The zero-order valence-electron chi connectivity index (χ0n) is 17.9. The summed E-state index contributed by atoms with van der Waals surface area (Å²) in [5, 5.41) is 5.47. The van der Waals surface area contributed by atoms with Crippen LogP contribution in [0.25, 0.3) is 21.9 Å². The van der Waals surface area contributed by atoms with E-state index >= 15 is 0 Å². The number of nitrogens with zero attached hydrogens (tertiary/aromatic N) is 4. The first-order valence-electron chi connectivity index (χ1n) is 10.9. The van der Waals surface area contributed by atoms with Gasteiger partial charge in [-0.1, -0.05) is 36.4 Å². The summed E-state index contributed by atoms with van der Waals surface area (Å²) >= 11 is 0. The second-order valence-electron chi connectivity index (χ2n) is 7.81. The predicted octanol–water partition coefficient (Wildman–Crippen LogP) is 4.88. The third-order valence-corrected chi connectivity index (χ3v) is 5.72. The van der Waals surface area contributed by atoms with Crippen molar-refractivity contribution < 1.29 is 9.47 Å². The molecule has 164 valence electrons. The smallest absolute Gasteiger partial charge is 0.326 e. The second-order valence-corrected chi connectivity index (χ2v) is 7.81. The number of benzene rings is 3. The van der Waals surface area contributed by atoms with Gasteiger partial charge in [0.25, 0.3) is 0 Å². The van der Waals surface area contributed by atoms with Gasteiger partial charge >= 0.3 is 6.01 Å². The maximum absolute atomic E-state index is 6.11. The van der Waals surface area contributed by atoms with E-state index in [4.69, 9.17) is 9.47 Å². The summed E-state index contributed by atoms with van der Waals surface area (Å²) in [5.74, 6) is 1.30. The van der Waals surface area contributed by atoms with Crippen LogP contribution in [0.15, 0.2) is 73.1 Å². The number of hydrogen-bond donors (Lipinski definition) is 2. The van der Waals surface area contributed by atoms with Crippen LogP contribution in [0.1, 0.15) is 0 Å². The first-order valence-corrected chi connectivity index (χ1v) is 10.9. The van der Waals surface area contributed by atoms with Crippen molar-refractivity contribution in [2.24, 2.45) is 0 Å². The summed E-state index contributed by atoms with van der Waals surface area (Å²) in [6.45, 7) is 3.33. The van der Waals surface area contributed by atoms with Gasteiger partial charge < -0.3 is 24.7 Å². The molecular formula is C25H22N6O2. The molecule has 3 aromatic carbocycles. The third kappa shape index (κ3) is 3.92. The Hall–Kier alpha value is -4.17. The summed E-state index contributed by atoms with van der Waals surface area (Å²) in [6, 6.07) is 22.5. The Labute approximate surface area is 190 Å². The summed E-state index contributed by atoms with van der Waals surface area (Å²) in [5.41, 5.74) is 3.35. The molecule has 1 aliphatic heterocycles. The lowest BCUT2D eigenvalue weighted by atomic mass is 10.1. The average molecular weight is 438 g/mol. The van der Waals surface area contributed by atoms with Gasteiger partial charge in [0.15, 0.2) is 11.5 Å². The molecule has 0 amide bonds. The van der Waals surface area contributed by atoms with E-state index in [1.165, 1.54) is 5.69 Å². The van der Waals surface area contributed by atoms with Crippen LogP contribution in [0, 0.1) is 0 Å². The predicted molar refractivity (Wildman–Crippen MR) is 128 cm³/mol. The molecule has 0 spiro atoms.